The van der Waals surface area contributed by atoms with Gasteiger partial charge >= 0.3 is 0 Å². The van der Waals surface area contributed by atoms with Gasteiger partial charge in [0.05, 0.1) is 11.4 Å². The highest BCUT2D eigenvalue weighted by molar-refractivity contribution is 7.89. The highest BCUT2D eigenvalue weighted by Gasteiger charge is 2.29. The van der Waals surface area contributed by atoms with E-state index in [9.17, 15) is 13.2 Å². The first-order valence-electron chi connectivity index (χ1n) is 10.5. The van der Waals surface area contributed by atoms with Crippen LogP contribution >= 0.6 is 0 Å². The number of sulfonamides is 1. The summed E-state index contributed by atoms with van der Waals surface area (Å²) < 4.78 is 27.6. The minimum atomic E-state index is -3.54. The Bertz CT molecular complexity index is 1140. The largest absolute Gasteiger partial charge is 0.355 e. The second-order valence-electron chi connectivity index (χ2n) is 7.77. The minimum absolute atomic E-state index is 0.0261. The molecule has 0 aliphatic carbocycles. The molecule has 0 atom stereocenters. The van der Waals surface area contributed by atoms with Crippen molar-refractivity contribution in [1.82, 2.24) is 14.5 Å². The highest BCUT2D eigenvalue weighted by Crippen LogP contribution is 2.22. The van der Waals surface area contributed by atoms with Crippen LogP contribution in [0.2, 0.25) is 0 Å². The number of hydrogen-bond acceptors (Lipinski definition) is 4. The molecule has 1 heterocycles. The van der Waals surface area contributed by atoms with E-state index in [4.69, 9.17) is 0 Å². The lowest BCUT2D eigenvalue weighted by molar-refractivity contribution is -0.122. The van der Waals surface area contributed by atoms with Crippen molar-refractivity contribution in [3.8, 4) is 0 Å². The van der Waals surface area contributed by atoms with Crippen LogP contribution in [0.25, 0.3) is 10.8 Å². The standard InChI is InChI=1S/C24H27N3O3S/c28-24(25-13-12-20-6-2-1-3-7-20)19-26-14-16-27(17-15-26)31(29,30)23-11-10-21-8-4-5-9-22(21)18-23/h1-11,18H,12-17,19H2,(H,25,28). The van der Waals surface area contributed by atoms with Gasteiger partial charge in [-0.25, -0.2) is 8.42 Å². The zero-order valence-corrected chi connectivity index (χ0v) is 18.2. The fraction of sp³-hybridized carbons (Fsp3) is 0.292. The molecule has 1 aliphatic heterocycles. The van der Waals surface area contributed by atoms with Gasteiger partial charge < -0.3 is 5.32 Å². The van der Waals surface area contributed by atoms with E-state index in [0.29, 0.717) is 44.2 Å². The zero-order chi connectivity index (χ0) is 21.7. The van der Waals surface area contributed by atoms with Crippen molar-refractivity contribution in [2.45, 2.75) is 11.3 Å². The number of nitrogens with one attached hydrogen (secondary N) is 1. The Morgan fingerprint density at radius 3 is 2.26 bits per heavy atom. The van der Waals surface area contributed by atoms with Crippen molar-refractivity contribution in [1.29, 1.82) is 0 Å². The Hall–Kier alpha value is -2.74. The number of carbonyl (C=O) groups is 1. The molecule has 0 saturated carbocycles. The van der Waals surface area contributed by atoms with E-state index < -0.39 is 10.0 Å². The van der Waals surface area contributed by atoms with Gasteiger partial charge in [-0.3, -0.25) is 9.69 Å². The number of piperazine rings is 1. The Labute approximate surface area is 183 Å². The Kier molecular flexibility index (Phi) is 6.65. The van der Waals surface area contributed by atoms with E-state index in [0.717, 1.165) is 17.2 Å². The number of carbonyl (C=O) groups excluding carboxylic acids is 1. The molecule has 1 aliphatic rings. The van der Waals surface area contributed by atoms with Crippen molar-refractivity contribution in [3.63, 3.8) is 0 Å². The van der Waals surface area contributed by atoms with Crippen LogP contribution in [0.3, 0.4) is 0 Å². The van der Waals surface area contributed by atoms with Crippen molar-refractivity contribution in [2.24, 2.45) is 0 Å². The van der Waals surface area contributed by atoms with Gasteiger partial charge in [0, 0.05) is 32.7 Å². The van der Waals surface area contributed by atoms with Gasteiger partial charge in [-0.2, -0.15) is 4.31 Å². The Morgan fingerprint density at radius 2 is 1.52 bits per heavy atom. The first-order chi connectivity index (χ1) is 15.0. The molecule has 1 saturated heterocycles. The van der Waals surface area contributed by atoms with Gasteiger partial charge in [-0.05, 0) is 34.9 Å². The second kappa shape index (κ2) is 9.60. The normalized spacial score (nSPS) is 15.7. The van der Waals surface area contributed by atoms with Crippen molar-refractivity contribution < 1.29 is 13.2 Å². The van der Waals surface area contributed by atoms with Crippen molar-refractivity contribution >= 4 is 26.7 Å². The lowest BCUT2D eigenvalue weighted by Gasteiger charge is -2.33. The fourth-order valence-corrected chi connectivity index (χ4v) is 5.31. The van der Waals surface area contributed by atoms with E-state index in [1.807, 2.05) is 65.6 Å². The summed E-state index contributed by atoms with van der Waals surface area (Å²) in [4.78, 5) is 14.6. The maximum Gasteiger partial charge on any atom is 0.243 e. The van der Waals surface area contributed by atoms with Gasteiger partial charge in [0.25, 0.3) is 0 Å². The summed E-state index contributed by atoms with van der Waals surface area (Å²) in [7, 11) is -3.54. The molecule has 162 valence electrons. The summed E-state index contributed by atoms with van der Waals surface area (Å²) in [6.07, 6.45) is 0.796. The summed E-state index contributed by atoms with van der Waals surface area (Å²) in [6.45, 7) is 2.73. The number of hydrogen-bond donors (Lipinski definition) is 1. The third kappa shape index (κ3) is 5.31. The van der Waals surface area contributed by atoms with Crippen LogP contribution in [0.4, 0.5) is 0 Å². The van der Waals surface area contributed by atoms with E-state index in [-0.39, 0.29) is 5.91 Å². The Morgan fingerprint density at radius 1 is 0.839 bits per heavy atom. The molecule has 0 bridgehead atoms. The van der Waals surface area contributed by atoms with Crippen LogP contribution < -0.4 is 5.32 Å². The van der Waals surface area contributed by atoms with Crippen molar-refractivity contribution in [3.05, 3.63) is 78.4 Å². The highest BCUT2D eigenvalue weighted by atomic mass is 32.2. The topological polar surface area (TPSA) is 69.7 Å². The molecule has 31 heavy (non-hydrogen) atoms. The van der Waals surface area contributed by atoms with Crippen LogP contribution in [0.5, 0.6) is 0 Å². The number of rotatable bonds is 7. The molecular weight excluding hydrogens is 410 g/mol. The summed E-state index contributed by atoms with van der Waals surface area (Å²) in [6, 6.07) is 23.0. The molecule has 3 aromatic rings. The lowest BCUT2D eigenvalue weighted by Crippen LogP contribution is -2.51. The second-order valence-corrected chi connectivity index (χ2v) is 9.71. The summed E-state index contributed by atoms with van der Waals surface area (Å²) in [5, 5.41) is 4.88. The number of fused-ring (bicyclic) bond motifs is 1. The zero-order valence-electron chi connectivity index (χ0n) is 17.4. The summed E-state index contributed by atoms with van der Waals surface area (Å²) >= 11 is 0. The van der Waals surface area contributed by atoms with Gasteiger partial charge in [0.2, 0.25) is 15.9 Å². The van der Waals surface area contributed by atoms with E-state index in [2.05, 4.69) is 5.32 Å². The molecule has 1 amide bonds. The molecule has 7 heteroatoms. The van der Waals surface area contributed by atoms with Crippen LogP contribution in [0.15, 0.2) is 77.7 Å². The smallest absolute Gasteiger partial charge is 0.243 e. The van der Waals surface area contributed by atoms with Crippen LogP contribution in [0.1, 0.15) is 5.56 Å². The number of amides is 1. The first kappa shape index (κ1) is 21.5. The van der Waals surface area contributed by atoms with Crippen LogP contribution in [0, 0.1) is 0 Å². The van der Waals surface area contributed by atoms with Gasteiger partial charge in [0.15, 0.2) is 0 Å². The summed E-state index contributed by atoms with van der Waals surface area (Å²) in [5.41, 5.74) is 1.19. The Balaban J connectivity index is 1.28. The lowest BCUT2D eigenvalue weighted by atomic mass is 10.1. The van der Waals surface area contributed by atoms with E-state index in [1.165, 1.54) is 9.87 Å². The van der Waals surface area contributed by atoms with Crippen molar-refractivity contribution in [2.75, 3.05) is 39.3 Å². The molecule has 0 unspecified atom stereocenters. The predicted octanol–water partition coefficient (Wildman–Crippen LogP) is 2.50. The van der Waals surface area contributed by atoms with Gasteiger partial charge in [0.1, 0.15) is 0 Å². The van der Waals surface area contributed by atoms with Gasteiger partial charge in [-0.1, -0.05) is 60.7 Å². The molecule has 3 aromatic carbocycles. The molecule has 6 nitrogen and oxygen atoms in total. The minimum Gasteiger partial charge on any atom is -0.355 e. The third-order valence-electron chi connectivity index (χ3n) is 5.64. The average Bonchev–Trinajstić information content (AvgIpc) is 2.80. The quantitative estimate of drug-likeness (QED) is 0.617. The van der Waals surface area contributed by atoms with E-state index >= 15 is 0 Å². The SMILES string of the molecule is O=C(CN1CCN(S(=O)(=O)c2ccc3ccccc3c2)CC1)NCCc1ccccc1. The van der Waals surface area contributed by atoms with Crippen LogP contribution in [-0.4, -0.2) is 62.8 Å². The monoisotopic (exact) mass is 437 g/mol. The molecular formula is C24H27N3O3S. The predicted molar refractivity (Wildman–Crippen MR) is 122 cm³/mol. The maximum absolute atomic E-state index is 13.1. The summed E-state index contributed by atoms with van der Waals surface area (Å²) in [5.74, 6) is -0.0261. The number of nitrogens with zero attached hydrogens (tertiary/aromatic N) is 2. The van der Waals surface area contributed by atoms with Gasteiger partial charge in [-0.15, -0.1) is 0 Å². The molecule has 1 N–H and O–H groups in total. The fourth-order valence-electron chi connectivity index (χ4n) is 3.85. The first-order valence-corrected chi connectivity index (χ1v) is 12.0. The molecule has 0 spiro atoms. The molecule has 0 aromatic heterocycles. The van der Waals surface area contributed by atoms with E-state index in [1.54, 1.807) is 12.1 Å². The molecule has 1 fully saturated rings. The molecule has 4 rings (SSSR count). The average molecular weight is 438 g/mol. The number of benzene rings is 3. The third-order valence-corrected chi connectivity index (χ3v) is 7.53. The molecule has 0 radical (unpaired) electrons. The maximum atomic E-state index is 13.1. The van der Waals surface area contributed by atoms with Crippen LogP contribution in [-0.2, 0) is 21.2 Å².